The van der Waals surface area contributed by atoms with Crippen molar-refractivity contribution in [1.82, 2.24) is 19.9 Å². The Morgan fingerprint density at radius 2 is 1.39 bits per heavy atom. The Bertz CT molecular complexity index is 1740. The van der Waals surface area contributed by atoms with E-state index >= 15 is 0 Å². The number of rotatable bonds is 12. The largest absolute Gasteiger partial charge is 0.370 e. The molecule has 1 amide bonds. The minimum atomic E-state index is -0.599. The highest BCUT2D eigenvalue weighted by atomic mass is 32.1. The zero-order valence-electron chi connectivity index (χ0n) is 25.4. The van der Waals surface area contributed by atoms with Crippen LogP contribution in [0.3, 0.4) is 0 Å². The molecule has 0 aliphatic heterocycles. The summed E-state index contributed by atoms with van der Waals surface area (Å²) >= 11 is 1.54. The first-order valence-electron chi connectivity index (χ1n) is 15.4. The summed E-state index contributed by atoms with van der Waals surface area (Å²) in [5.41, 5.74) is 11.0. The van der Waals surface area contributed by atoms with Crippen LogP contribution in [0.25, 0.3) is 0 Å². The maximum Gasteiger partial charge on any atom is 0.227 e. The monoisotopic (exact) mass is 624 g/mol. The van der Waals surface area contributed by atoms with Gasteiger partial charge in [0, 0.05) is 36.7 Å². The average molecular weight is 625 g/mol. The zero-order valence-corrected chi connectivity index (χ0v) is 26.3. The molecule has 1 unspecified atom stereocenters. The van der Waals surface area contributed by atoms with Gasteiger partial charge in [0.2, 0.25) is 5.91 Å². The van der Waals surface area contributed by atoms with Crippen molar-refractivity contribution in [2.24, 2.45) is 10.7 Å². The number of nitrogens with two attached hydrogens (primary N) is 1. The van der Waals surface area contributed by atoms with Gasteiger partial charge in [-0.3, -0.25) is 15.1 Å². The van der Waals surface area contributed by atoms with E-state index in [1.807, 2.05) is 60.2 Å². The van der Waals surface area contributed by atoms with Crippen LogP contribution in [0.4, 0.5) is 0 Å². The SMILES string of the molecule is NC(=NCCCc1cn(C(c2ccccc2)(c2ccccc2)c2ccccc2)cn1)NC(=O)CC(c1ccccc1)c1nccs1. The Labute approximate surface area is 273 Å². The number of thiazole rings is 1. The van der Waals surface area contributed by atoms with Gasteiger partial charge in [-0.1, -0.05) is 121 Å². The molecule has 2 aromatic heterocycles. The topological polar surface area (TPSA) is 98.2 Å². The van der Waals surface area contributed by atoms with Crippen LogP contribution in [-0.4, -0.2) is 32.9 Å². The molecule has 4 aromatic carbocycles. The van der Waals surface area contributed by atoms with Crippen LogP contribution in [0.1, 0.15) is 51.7 Å². The highest BCUT2D eigenvalue weighted by molar-refractivity contribution is 7.09. The Kier molecular flexibility index (Phi) is 9.75. The number of amides is 1. The summed E-state index contributed by atoms with van der Waals surface area (Å²) in [6, 6.07) is 41.6. The van der Waals surface area contributed by atoms with Crippen molar-refractivity contribution in [3.05, 3.63) is 178 Å². The Balaban J connectivity index is 1.14. The van der Waals surface area contributed by atoms with Crippen LogP contribution in [-0.2, 0) is 16.8 Å². The number of aryl methyl sites for hydroxylation is 1. The van der Waals surface area contributed by atoms with Gasteiger partial charge < -0.3 is 10.3 Å². The zero-order chi connectivity index (χ0) is 31.6. The number of carbonyl (C=O) groups is 1. The summed E-state index contributed by atoms with van der Waals surface area (Å²) in [7, 11) is 0. The fourth-order valence-corrected chi connectivity index (χ4v) is 6.75. The summed E-state index contributed by atoms with van der Waals surface area (Å²) < 4.78 is 2.21. The molecule has 3 N–H and O–H groups in total. The van der Waals surface area contributed by atoms with Crippen LogP contribution < -0.4 is 11.1 Å². The van der Waals surface area contributed by atoms with Gasteiger partial charge in [-0.2, -0.15) is 0 Å². The smallest absolute Gasteiger partial charge is 0.227 e. The fraction of sp³-hybridized carbons (Fsp3) is 0.158. The molecule has 0 fully saturated rings. The molecular weight excluding hydrogens is 589 g/mol. The van der Waals surface area contributed by atoms with Gasteiger partial charge in [-0.05, 0) is 35.1 Å². The van der Waals surface area contributed by atoms with Crippen molar-refractivity contribution in [1.29, 1.82) is 0 Å². The second kappa shape index (κ2) is 14.6. The Morgan fingerprint density at radius 1 is 0.826 bits per heavy atom. The molecule has 0 bridgehead atoms. The van der Waals surface area contributed by atoms with E-state index in [0.29, 0.717) is 13.0 Å². The molecule has 6 aromatic rings. The van der Waals surface area contributed by atoms with E-state index < -0.39 is 5.54 Å². The molecule has 0 saturated carbocycles. The molecule has 0 aliphatic carbocycles. The molecule has 1 atom stereocenters. The lowest BCUT2D eigenvalue weighted by Gasteiger charge is -2.37. The Morgan fingerprint density at radius 3 is 1.93 bits per heavy atom. The van der Waals surface area contributed by atoms with Crippen molar-refractivity contribution in [3.63, 3.8) is 0 Å². The van der Waals surface area contributed by atoms with Crippen molar-refractivity contribution in [3.8, 4) is 0 Å². The second-order valence-corrected chi connectivity index (χ2v) is 12.0. The molecule has 7 nitrogen and oxygen atoms in total. The van der Waals surface area contributed by atoms with Crippen LogP contribution >= 0.6 is 11.3 Å². The number of nitrogens with one attached hydrogen (secondary N) is 1. The number of guanidine groups is 1. The lowest BCUT2D eigenvalue weighted by Crippen LogP contribution is -2.37. The maximum absolute atomic E-state index is 12.9. The lowest BCUT2D eigenvalue weighted by atomic mass is 9.77. The molecule has 230 valence electrons. The van der Waals surface area contributed by atoms with Crippen molar-refractivity contribution < 1.29 is 4.79 Å². The van der Waals surface area contributed by atoms with Gasteiger partial charge in [0.15, 0.2) is 5.96 Å². The number of aromatic nitrogens is 3. The third-order valence-electron chi connectivity index (χ3n) is 8.08. The summed E-state index contributed by atoms with van der Waals surface area (Å²) in [5.74, 6) is -0.209. The van der Waals surface area contributed by atoms with Crippen LogP contribution in [0, 0.1) is 0 Å². The van der Waals surface area contributed by atoms with Crippen molar-refractivity contribution >= 4 is 23.2 Å². The normalized spacial score (nSPS) is 12.5. The van der Waals surface area contributed by atoms with E-state index in [-0.39, 0.29) is 24.2 Å². The molecule has 0 radical (unpaired) electrons. The summed E-state index contributed by atoms with van der Waals surface area (Å²) in [4.78, 5) is 26.6. The highest BCUT2D eigenvalue weighted by Gasteiger charge is 2.38. The minimum Gasteiger partial charge on any atom is -0.370 e. The average Bonchev–Trinajstić information content (AvgIpc) is 3.82. The van der Waals surface area contributed by atoms with Crippen molar-refractivity contribution in [2.45, 2.75) is 30.7 Å². The predicted molar refractivity (Wildman–Crippen MR) is 185 cm³/mol. The number of carbonyl (C=O) groups excluding carboxylic acids is 1. The molecule has 6 rings (SSSR count). The van der Waals surface area contributed by atoms with Gasteiger partial charge in [0.25, 0.3) is 0 Å². The summed E-state index contributed by atoms with van der Waals surface area (Å²) in [5, 5.41) is 5.58. The molecule has 46 heavy (non-hydrogen) atoms. The van der Waals surface area contributed by atoms with Gasteiger partial charge in [-0.15, -0.1) is 11.3 Å². The number of hydrogen-bond acceptors (Lipinski definition) is 5. The number of benzene rings is 4. The fourth-order valence-electron chi connectivity index (χ4n) is 5.98. The van der Waals surface area contributed by atoms with Crippen molar-refractivity contribution in [2.75, 3.05) is 6.54 Å². The molecule has 2 heterocycles. The van der Waals surface area contributed by atoms with E-state index in [1.165, 1.54) is 0 Å². The third kappa shape index (κ3) is 6.82. The van der Waals surface area contributed by atoms with Gasteiger partial charge >= 0.3 is 0 Å². The minimum absolute atomic E-state index is 0.123. The van der Waals surface area contributed by atoms with Crippen LogP contribution in [0.2, 0.25) is 0 Å². The third-order valence-corrected chi connectivity index (χ3v) is 8.97. The van der Waals surface area contributed by atoms with E-state index in [9.17, 15) is 4.79 Å². The standard InChI is InChI=1S/C38H36N6OS/c39-37(43-35(45)26-34(36-40-24-25-46-36)29-14-5-1-6-15-29)41-23-13-22-33-27-44(28-42-33)38(30-16-7-2-8-17-30,31-18-9-3-10-19-31)32-20-11-4-12-21-32/h1-12,14-21,24-25,27-28,34H,13,22-23,26H2,(H3,39,41,43,45). The van der Waals surface area contributed by atoms with Gasteiger partial charge in [0.1, 0.15) is 10.5 Å². The number of hydrogen-bond donors (Lipinski definition) is 2. The Hall–Kier alpha value is -5.34. The molecule has 0 saturated heterocycles. The molecule has 0 aliphatic rings. The first-order valence-corrected chi connectivity index (χ1v) is 16.3. The lowest BCUT2D eigenvalue weighted by molar-refractivity contribution is -0.119. The molecule has 8 heteroatoms. The van der Waals surface area contributed by atoms with Crippen LogP contribution in [0.5, 0.6) is 0 Å². The van der Waals surface area contributed by atoms with Crippen LogP contribution in [0.15, 0.2) is 150 Å². The van der Waals surface area contributed by atoms with E-state index in [0.717, 1.165) is 39.4 Å². The molecule has 0 spiro atoms. The first kappa shape index (κ1) is 30.7. The van der Waals surface area contributed by atoms with E-state index in [4.69, 9.17) is 10.7 Å². The van der Waals surface area contributed by atoms with Gasteiger partial charge in [0.05, 0.1) is 12.0 Å². The number of imidazole rings is 1. The summed E-state index contributed by atoms with van der Waals surface area (Å²) in [6.45, 7) is 0.467. The maximum atomic E-state index is 12.9. The number of nitrogens with zero attached hydrogens (tertiary/aromatic N) is 4. The first-order chi connectivity index (χ1) is 22.6. The van der Waals surface area contributed by atoms with Gasteiger partial charge in [-0.25, -0.2) is 9.97 Å². The number of aliphatic imine (C=N–C) groups is 1. The second-order valence-electron chi connectivity index (χ2n) is 11.0. The van der Waals surface area contributed by atoms with E-state index in [2.05, 4.69) is 98.9 Å². The quantitative estimate of drug-likeness (QED) is 0.0680. The summed E-state index contributed by atoms with van der Waals surface area (Å²) in [6.07, 6.45) is 7.49. The predicted octanol–water partition coefficient (Wildman–Crippen LogP) is 6.77. The van der Waals surface area contributed by atoms with E-state index in [1.54, 1.807) is 17.5 Å². The highest BCUT2D eigenvalue weighted by Crippen LogP contribution is 2.40. The molecular formula is C38H36N6OS.